The normalized spacial score (nSPS) is 10.1. The number of carbonyl (C=O) groups is 1. The lowest BCUT2D eigenvalue weighted by molar-refractivity contribution is 0.101. The van der Waals surface area contributed by atoms with Crippen LogP contribution in [0.2, 0.25) is 0 Å². The predicted molar refractivity (Wildman–Crippen MR) is 51.4 cm³/mol. The molecule has 0 radical (unpaired) electrons. The molecule has 2 rings (SSSR count). The summed E-state index contributed by atoms with van der Waals surface area (Å²) >= 11 is 0. The number of hydrogen-bond acceptors (Lipinski definition) is 3. The van der Waals surface area contributed by atoms with Crippen LogP contribution >= 0.6 is 0 Å². The fraction of sp³-hybridized carbons (Fsp3) is 0.100. The molecular weight excluding hydrogens is 178 g/mol. The van der Waals surface area contributed by atoms with Gasteiger partial charge in [0.15, 0.2) is 11.6 Å². The van der Waals surface area contributed by atoms with Crippen LogP contribution in [0.5, 0.6) is 0 Å². The van der Waals surface area contributed by atoms with Gasteiger partial charge in [0, 0.05) is 19.3 Å². The lowest BCUT2D eigenvalue weighted by Crippen LogP contribution is -2.03. The zero-order chi connectivity index (χ0) is 9.97. The van der Waals surface area contributed by atoms with Crippen molar-refractivity contribution in [3.05, 3.63) is 42.4 Å². The molecule has 0 amide bonds. The molecule has 0 bridgehead atoms. The molecule has 14 heavy (non-hydrogen) atoms. The van der Waals surface area contributed by atoms with Crippen molar-refractivity contribution in [2.75, 3.05) is 0 Å². The van der Waals surface area contributed by atoms with Gasteiger partial charge in [-0.1, -0.05) is 6.07 Å². The van der Waals surface area contributed by atoms with Crippen LogP contribution in [0.25, 0.3) is 5.82 Å². The maximum absolute atomic E-state index is 11.1. The molecule has 0 unspecified atom stereocenters. The van der Waals surface area contributed by atoms with Crippen LogP contribution in [0.4, 0.5) is 0 Å². The summed E-state index contributed by atoms with van der Waals surface area (Å²) in [5, 5.41) is 4.03. The van der Waals surface area contributed by atoms with Crippen molar-refractivity contribution in [1.82, 2.24) is 14.8 Å². The average Bonchev–Trinajstić information content (AvgIpc) is 2.71. The summed E-state index contributed by atoms with van der Waals surface area (Å²) in [5.41, 5.74) is 0.456. The Hall–Kier alpha value is -1.97. The van der Waals surface area contributed by atoms with E-state index in [0.717, 1.165) is 0 Å². The van der Waals surface area contributed by atoms with Crippen molar-refractivity contribution < 1.29 is 4.79 Å². The molecule has 0 atom stereocenters. The van der Waals surface area contributed by atoms with Gasteiger partial charge in [-0.2, -0.15) is 5.10 Å². The molecule has 0 saturated carbocycles. The van der Waals surface area contributed by atoms with Crippen molar-refractivity contribution in [3.8, 4) is 5.82 Å². The molecule has 70 valence electrons. The van der Waals surface area contributed by atoms with Gasteiger partial charge < -0.3 is 0 Å². The molecular formula is C10H9N3O. The number of nitrogens with zero attached hydrogens (tertiary/aromatic N) is 3. The molecule has 0 aliphatic heterocycles. The van der Waals surface area contributed by atoms with Crippen molar-refractivity contribution in [3.63, 3.8) is 0 Å². The second kappa shape index (κ2) is 3.41. The minimum Gasteiger partial charge on any atom is -0.293 e. The zero-order valence-corrected chi connectivity index (χ0v) is 7.71. The highest BCUT2D eigenvalue weighted by Gasteiger charge is 2.03. The molecule has 4 heteroatoms. The third-order valence-electron chi connectivity index (χ3n) is 1.83. The van der Waals surface area contributed by atoms with Crippen molar-refractivity contribution in [2.45, 2.75) is 6.92 Å². The maximum atomic E-state index is 11.1. The second-order valence-electron chi connectivity index (χ2n) is 2.89. The summed E-state index contributed by atoms with van der Waals surface area (Å²) in [5.74, 6) is 0.613. The molecule has 0 aliphatic carbocycles. The van der Waals surface area contributed by atoms with E-state index in [0.29, 0.717) is 11.5 Å². The Bertz CT molecular complexity index is 448. The number of carbonyl (C=O) groups excluding carboxylic acids is 1. The highest BCUT2D eigenvalue weighted by molar-refractivity contribution is 5.92. The molecule has 2 heterocycles. The average molecular weight is 187 g/mol. The number of Topliss-reactive ketones (excluding diaryl/α,β-unsaturated/α-hetero) is 1. The summed E-state index contributed by atoms with van der Waals surface area (Å²) in [6.45, 7) is 1.50. The Morgan fingerprint density at radius 3 is 2.86 bits per heavy atom. The topological polar surface area (TPSA) is 47.8 Å². The van der Waals surface area contributed by atoms with Gasteiger partial charge in [0.25, 0.3) is 0 Å². The molecule has 0 fully saturated rings. The van der Waals surface area contributed by atoms with E-state index in [1.165, 1.54) is 6.92 Å². The molecule has 0 spiro atoms. The maximum Gasteiger partial charge on any atom is 0.178 e. The van der Waals surface area contributed by atoms with Crippen molar-refractivity contribution in [2.24, 2.45) is 0 Å². The van der Waals surface area contributed by atoms with Crippen LogP contribution in [0, 0.1) is 0 Å². The van der Waals surface area contributed by atoms with E-state index in [2.05, 4.69) is 10.1 Å². The Labute approximate surface area is 81.2 Å². The highest BCUT2D eigenvalue weighted by atomic mass is 16.1. The van der Waals surface area contributed by atoms with Crippen LogP contribution in [0.1, 0.15) is 17.4 Å². The van der Waals surface area contributed by atoms with Gasteiger partial charge in [-0.3, -0.25) is 4.79 Å². The van der Waals surface area contributed by atoms with Gasteiger partial charge >= 0.3 is 0 Å². The number of pyridine rings is 1. The monoisotopic (exact) mass is 187 g/mol. The van der Waals surface area contributed by atoms with E-state index in [4.69, 9.17) is 0 Å². The van der Waals surface area contributed by atoms with E-state index in [-0.39, 0.29) is 5.78 Å². The van der Waals surface area contributed by atoms with Crippen LogP contribution in [0.3, 0.4) is 0 Å². The van der Waals surface area contributed by atoms with E-state index in [1.54, 1.807) is 35.3 Å². The molecule has 4 nitrogen and oxygen atoms in total. The minimum atomic E-state index is -0.0426. The van der Waals surface area contributed by atoms with Gasteiger partial charge in [0.2, 0.25) is 0 Å². The van der Waals surface area contributed by atoms with Gasteiger partial charge in [0.05, 0.1) is 0 Å². The summed E-state index contributed by atoms with van der Waals surface area (Å²) in [6.07, 6.45) is 3.45. The first-order valence-corrected chi connectivity index (χ1v) is 4.25. The third kappa shape index (κ3) is 1.54. The molecule has 0 aromatic carbocycles. The van der Waals surface area contributed by atoms with E-state index < -0.39 is 0 Å². The number of rotatable bonds is 2. The minimum absolute atomic E-state index is 0.0426. The third-order valence-corrected chi connectivity index (χ3v) is 1.83. The fourth-order valence-corrected chi connectivity index (χ4v) is 1.15. The van der Waals surface area contributed by atoms with Gasteiger partial charge in [-0.25, -0.2) is 9.67 Å². The van der Waals surface area contributed by atoms with Gasteiger partial charge in [0.1, 0.15) is 5.69 Å². The summed E-state index contributed by atoms with van der Waals surface area (Å²) < 4.78 is 1.62. The first kappa shape index (κ1) is 8.62. The predicted octanol–water partition coefficient (Wildman–Crippen LogP) is 1.47. The highest BCUT2D eigenvalue weighted by Crippen LogP contribution is 2.04. The van der Waals surface area contributed by atoms with E-state index in [1.807, 2.05) is 6.07 Å². The van der Waals surface area contributed by atoms with Crippen LogP contribution < -0.4 is 0 Å². The Balaban J connectivity index is 2.46. The van der Waals surface area contributed by atoms with Crippen LogP contribution in [-0.4, -0.2) is 20.5 Å². The lowest BCUT2D eigenvalue weighted by Gasteiger charge is -2.01. The Kier molecular flexibility index (Phi) is 2.10. The van der Waals surface area contributed by atoms with Gasteiger partial charge in [-0.05, 0) is 18.2 Å². The molecule has 2 aromatic heterocycles. The lowest BCUT2D eigenvalue weighted by atomic mass is 10.3. The van der Waals surface area contributed by atoms with Crippen LogP contribution in [-0.2, 0) is 0 Å². The molecule has 0 N–H and O–H groups in total. The number of aromatic nitrogens is 3. The first-order valence-electron chi connectivity index (χ1n) is 4.25. The number of ketones is 1. The molecule has 2 aromatic rings. The van der Waals surface area contributed by atoms with Crippen molar-refractivity contribution in [1.29, 1.82) is 0 Å². The van der Waals surface area contributed by atoms with Crippen molar-refractivity contribution >= 4 is 5.78 Å². The fourth-order valence-electron chi connectivity index (χ4n) is 1.15. The van der Waals surface area contributed by atoms with Gasteiger partial charge in [-0.15, -0.1) is 0 Å². The molecule has 0 saturated heterocycles. The summed E-state index contributed by atoms with van der Waals surface area (Å²) in [4.78, 5) is 15.2. The second-order valence-corrected chi connectivity index (χ2v) is 2.89. The van der Waals surface area contributed by atoms with E-state index >= 15 is 0 Å². The molecule has 0 aliphatic rings. The quantitative estimate of drug-likeness (QED) is 0.669. The summed E-state index contributed by atoms with van der Waals surface area (Å²) in [7, 11) is 0. The Morgan fingerprint density at radius 2 is 2.21 bits per heavy atom. The number of hydrogen-bond donors (Lipinski definition) is 0. The standard InChI is InChI=1S/C10H9N3O/c1-8(14)9-4-2-5-10(12-9)13-7-3-6-11-13/h2-7H,1H3. The Morgan fingerprint density at radius 1 is 1.36 bits per heavy atom. The van der Waals surface area contributed by atoms with E-state index in [9.17, 15) is 4.79 Å². The smallest absolute Gasteiger partial charge is 0.178 e. The largest absolute Gasteiger partial charge is 0.293 e. The first-order chi connectivity index (χ1) is 6.77. The zero-order valence-electron chi connectivity index (χ0n) is 7.71. The van der Waals surface area contributed by atoms with Crippen LogP contribution in [0.15, 0.2) is 36.7 Å². The SMILES string of the molecule is CC(=O)c1cccc(-n2cccn2)n1. The summed E-state index contributed by atoms with van der Waals surface area (Å²) in [6, 6.07) is 7.09.